The zero-order valence-corrected chi connectivity index (χ0v) is 15.6. The van der Waals surface area contributed by atoms with E-state index >= 15 is 0 Å². The molecule has 2 heterocycles. The Labute approximate surface area is 159 Å². The molecule has 2 amide bonds. The van der Waals surface area contributed by atoms with Crippen molar-refractivity contribution in [1.82, 2.24) is 4.90 Å². The van der Waals surface area contributed by atoms with Crippen LogP contribution in [-0.2, 0) is 19.1 Å². The third-order valence-corrected chi connectivity index (χ3v) is 5.02. The van der Waals surface area contributed by atoms with Gasteiger partial charge in [-0.05, 0) is 56.9 Å². The molecule has 2 fully saturated rings. The van der Waals surface area contributed by atoms with E-state index in [9.17, 15) is 14.4 Å². The monoisotopic (exact) mass is 374 g/mol. The maximum absolute atomic E-state index is 12.6. The van der Waals surface area contributed by atoms with Gasteiger partial charge in [-0.1, -0.05) is 0 Å². The molecular weight excluding hydrogens is 348 g/mol. The highest BCUT2D eigenvalue weighted by molar-refractivity contribution is 5.97. The zero-order valence-electron chi connectivity index (χ0n) is 15.6. The van der Waals surface area contributed by atoms with Crippen molar-refractivity contribution in [3.05, 3.63) is 29.8 Å². The number of amides is 2. The van der Waals surface area contributed by atoms with Crippen molar-refractivity contribution >= 4 is 23.5 Å². The third-order valence-electron chi connectivity index (χ3n) is 5.02. The average molecular weight is 374 g/mol. The SMILES string of the molecule is CCOC(=O)C1CCN(C(=O)c2ccc(NC(=O)[C@H]3CCCO3)cc2)CC1. The van der Waals surface area contributed by atoms with Crippen molar-refractivity contribution in [3.63, 3.8) is 0 Å². The zero-order chi connectivity index (χ0) is 19.2. The Hall–Kier alpha value is -2.41. The summed E-state index contributed by atoms with van der Waals surface area (Å²) in [5.41, 5.74) is 1.22. The van der Waals surface area contributed by atoms with E-state index in [-0.39, 0.29) is 29.8 Å². The van der Waals surface area contributed by atoms with Crippen LogP contribution in [-0.4, -0.2) is 55.1 Å². The smallest absolute Gasteiger partial charge is 0.309 e. The van der Waals surface area contributed by atoms with Crippen LogP contribution in [0.1, 0.15) is 43.0 Å². The van der Waals surface area contributed by atoms with Gasteiger partial charge in [0, 0.05) is 30.9 Å². The summed E-state index contributed by atoms with van der Waals surface area (Å²) in [4.78, 5) is 38.3. The molecule has 1 aromatic carbocycles. The molecule has 2 aliphatic heterocycles. The van der Waals surface area contributed by atoms with E-state index in [0.29, 0.717) is 50.4 Å². The lowest BCUT2D eigenvalue weighted by atomic mass is 9.96. The first kappa shape index (κ1) is 19.4. The largest absolute Gasteiger partial charge is 0.466 e. The summed E-state index contributed by atoms with van der Waals surface area (Å²) >= 11 is 0. The highest BCUT2D eigenvalue weighted by Crippen LogP contribution is 2.21. The molecule has 27 heavy (non-hydrogen) atoms. The summed E-state index contributed by atoms with van der Waals surface area (Å²) in [5.74, 6) is -0.498. The van der Waals surface area contributed by atoms with E-state index in [2.05, 4.69) is 5.32 Å². The summed E-state index contributed by atoms with van der Waals surface area (Å²) in [6, 6.07) is 6.88. The van der Waals surface area contributed by atoms with Gasteiger partial charge in [0.05, 0.1) is 12.5 Å². The van der Waals surface area contributed by atoms with Crippen LogP contribution in [0.4, 0.5) is 5.69 Å². The molecule has 2 aliphatic rings. The van der Waals surface area contributed by atoms with Crippen LogP contribution in [0, 0.1) is 5.92 Å². The fourth-order valence-corrected chi connectivity index (χ4v) is 3.46. The second-order valence-electron chi connectivity index (χ2n) is 6.89. The molecule has 0 saturated carbocycles. The van der Waals surface area contributed by atoms with Crippen LogP contribution in [0.15, 0.2) is 24.3 Å². The molecule has 0 aromatic heterocycles. The molecule has 1 atom stereocenters. The fraction of sp³-hybridized carbons (Fsp3) is 0.550. The van der Waals surface area contributed by atoms with Crippen molar-refractivity contribution in [2.24, 2.45) is 5.92 Å². The van der Waals surface area contributed by atoms with E-state index in [4.69, 9.17) is 9.47 Å². The Morgan fingerprint density at radius 2 is 1.85 bits per heavy atom. The van der Waals surface area contributed by atoms with Crippen molar-refractivity contribution in [2.45, 2.75) is 38.7 Å². The number of nitrogens with zero attached hydrogens (tertiary/aromatic N) is 1. The molecule has 0 aliphatic carbocycles. The van der Waals surface area contributed by atoms with Gasteiger partial charge >= 0.3 is 5.97 Å². The topological polar surface area (TPSA) is 84.9 Å². The Morgan fingerprint density at radius 1 is 1.15 bits per heavy atom. The van der Waals surface area contributed by atoms with Crippen LogP contribution in [0.3, 0.4) is 0 Å². The Bertz CT molecular complexity index is 674. The first-order chi connectivity index (χ1) is 13.1. The minimum absolute atomic E-state index is 0.0608. The molecule has 0 unspecified atom stereocenters. The van der Waals surface area contributed by atoms with Crippen molar-refractivity contribution in [2.75, 3.05) is 31.6 Å². The van der Waals surface area contributed by atoms with Crippen LogP contribution in [0.5, 0.6) is 0 Å². The van der Waals surface area contributed by atoms with Gasteiger partial charge in [0.1, 0.15) is 6.10 Å². The molecular formula is C20H26N2O5. The van der Waals surface area contributed by atoms with Gasteiger partial charge in [-0.25, -0.2) is 0 Å². The quantitative estimate of drug-likeness (QED) is 0.799. The van der Waals surface area contributed by atoms with Gasteiger partial charge < -0.3 is 19.7 Å². The summed E-state index contributed by atoms with van der Waals surface area (Å²) in [5, 5.41) is 2.82. The number of carbonyl (C=O) groups excluding carboxylic acids is 3. The lowest BCUT2D eigenvalue weighted by molar-refractivity contribution is -0.149. The summed E-state index contributed by atoms with van der Waals surface area (Å²) in [6.45, 7) is 3.88. The van der Waals surface area contributed by atoms with Crippen LogP contribution < -0.4 is 5.32 Å². The third kappa shape index (κ3) is 4.86. The van der Waals surface area contributed by atoms with Crippen molar-refractivity contribution in [1.29, 1.82) is 0 Å². The Morgan fingerprint density at radius 3 is 2.44 bits per heavy atom. The first-order valence-corrected chi connectivity index (χ1v) is 9.57. The van der Waals surface area contributed by atoms with E-state index < -0.39 is 0 Å². The second-order valence-corrected chi connectivity index (χ2v) is 6.89. The van der Waals surface area contributed by atoms with Crippen LogP contribution >= 0.6 is 0 Å². The molecule has 0 radical (unpaired) electrons. The predicted molar refractivity (Wildman–Crippen MR) is 99.3 cm³/mol. The molecule has 146 valence electrons. The van der Waals surface area contributed by atoms with Gasteiger partial charge in [0.15, 0.2) is 0 Å². The molecule has 1 N–H and O–H groups in total. The number of rotatable bonds is 5. The number of hydrogen-bond donors (Lipinski definition) is 1. The number of anilines is 1. The molecule has 3 rings (SSSR count). The Balaban J connectivity index is 1.52. The average Bonchev–Trinajstić information content (AvgIpc) is 3.23. The fourth-order valence-electron chi connectivity index (χ4n) is 3.46. The number of carbonyl (C=O) groups is 3. The molecule has 2 saturated heterocycles. The van der Waals surface area contributed by atoms with Gasteiger partial charge in [0.25, 0.3) is 11.8 Å². The number of hydrogen-bond acceptors (Lipinski definition) is 5. The van der Waals surface area contributed by atoms with Gasteiger partial charge in [0.2, 0.25) is 0 Å². The highest BCUT2D eigenvalue weighted by Gasteiger charge is 2.28. The van der Waals surface area contributed by atoms with E-state index in [1.54, 1.807) is 36.1 Å². The van der Waals surface area contributed by atoms with Crippen molar-refractivity contribution in [3.8, 4) is 0 Å². The number of esters is 1. The van der Waals surface area contributed by atoms with E-state index in [1.165, 1.54) is 0 Å². The van der Waals surface area contributed by atoms with E-state index in [0.717, 1.165) is 12.8 Å². The highest BCUT2D eigenvalue weighted by atomic mass is 16.5. The van der Waals surface area contributed by atoms with Gasteiger partial charge in [-0.2, -0.15) is 0 Å². The number of piperidine rings is 1. The molecule has 1 aromatic rings. The number of benzene rings is 1. The second kappa shape index (κ2) is 8.99. The summed E-state index contributed by atoms with van der Waals surface area (Å²) in [7, 11) is 0. The van der Waals surface area contributed by atoms with Crippen LogP contribution in [0.25, 0.3) is 0 Å². The predicted octanol–water partition coefficient (Wildman–Crippen LogP) is 2.22. The van der Waals surface area contributed by atoms with Gasteiger partial charge in [-0.3, -0.25) is 14.4 Å². The Kier molecular flexibility index (Phi) is 6.45. The molecule has 7 nitrogen and oxygen atoms in total. The van der Waals surface area contributed by atoms with Crippen LogP contribution in [0.2, 0.25) is 0 Å². The molecule has 7 heteroatoms. The van der Waals surface area contributed by atoms with E-state index in [1.807, 2.05) is 0 Å². The standard InChI is InChI=1S/C20H26N2O5/c1-2-26-20(25)15-9-11-22(12-10-15)19(24)14-5-7-16(8-6-14)21-18(23)17-4-3-13-27-17/h5-8,15,17H,2-4,9-13H2,1H3,(H,21,23)/t17-/m1/s1. The lowest BCUT2D eigenvalue weighted by Crippen LogP contribution is -2.40. The number of likely N-dealkylation sites (tertiary alicyclic amines) is 1. The molecule has 0 bridgehead atoms. The van der Waals surface area contributed by atoms with Gasteiger partial charge in [-0.15, -0.1) is 0 Å². The minimum Gasteiger partial charge on any atom is -0.466 e. The summed E-state index contributed by atoms with van der Waals surface area (Å²) in [6.07, 6.45) is 2.51. The lowest BCUT2D eigenvalue weighted by Gasteiger charge is -2.31. The minimum atomic E-state index is -0.382. The maximum atomic E-state index is 12.6. The first-order valence-electron chi connectivity index (χ1n) is 9.57. The number of ether oxygens (including phenoxy) is 2. The molecule has 0 spiro atoms. The maximum Gasteiger partial charge on any atom is 0.309 e. The summed E-state index contributed by atoms with van der Waals surface area (Å²) < 4.78 is 10.4. The normalized spacial score (nSPS) is 20.3. The van der Waals surface area contributed by atoms with Crippen molar-refractivity contribution < 1.29 is 23.9 Å². The number of nitrogens with one attached hydrogen (secondary N) is 1.